The second-order valence-electron chi connectivity index (χ2n) is 5.00. The highest BCUT2D eigenvalue weighted by Crippen LogP contribution is 2.38. The lowest BCUT2D eigenvalue weighted by Crippen LogP contribution is -2.23. The monoisotopic (exact) mass is 275 g/mol. The van der Waals surface area contributed by atoms with Crippen LogP contribution in [0.2, 0.25) is 0 Å². The van der Waals surface area contributed by atoms with Gasteiger partial charge >= 0.3 is 0 Å². The molecule has 2 unspecified atom stereocenters. The molecule has 1 heterocycles. The second-order valence-corrected chi connectivity index (χ2v) is 6.16. The highest BCUT2D eigenvalue weighted by molar-refractivity contribution is 7.99. The predicted molar refractivity (Wildman–Crippen MR) is 81.4 cm³/mol. The Balaban J connectivity index is 2.32. The summed E-state index contributed by atoms with van der Waals surface area (Å²) in [5.41, 5.74) is 9.83. The van der Waals surface area contributed by atoms with Gasteiger partial charge in [-0.15, -0.1) is 0 Å². The van der Waals surface area contributed by atoms with Crippen LogP contribution in [0, 0.1) is 13.8 Å². The zero-order valence-corrected chi connectivity index (χ0v) is 12.7. The van der Waals surface area contributed by atoms with Crippen molar-refractivity contribution in [3.8, 4) is 0 Å². The van der Waals surface area contributed by atoms with Crippen molar-refractivity contribution >= 4 is 11.8 Å². The molecule has 2 rings (SSSR count). The molecule has 0 saturated carbocycles. The summed E-state index contributed by atoms with van der Waals surface area (Å²) in [5.74, 6) is 0. The topological polar surface area (TPSA) is 43.8 Å². The van der Waals surface area contributed by atoms with Gasteiger partial charge in [-0.05, 0) is 38.0 Å². The van der Waals surface area contributed by atoms with Gasteiger partial charge in [0.1, 0.15) is 0 Å². The summed E-state index contributed by atoms with van der Waals surface area (Å²) in [5, 5.41) is 5.80. The van der Waals surface area contributed by atoms with Crippen LogP contribution in [0.15, 0.2) is 35.4 Å². The fourth-order valence-corrected chi connectivity index (χ4v) is 3.49. The first-order valence-corrected chi connectivity index (χ1v) is 7.35. The quantitative estimate of drug-likeness (QED) is 0.871. The van der Waals surface area contributed by atoms with E-state index in [0.717, 1.165) is 10.7 Å². The normalized spacial score (nSPS) is 14.4. The van der Waals surface area contributed by atoms with Crippen molar-refractivity contribution < 1.29 is 0 Å². The van der Waals surface area contributed by atoms with Crippen LogP contribution in [0.3, 0.4) is 0 Å². The lowest BCUT2D eigenvalue weighted by atomic mass is 10.0. The molecule has 0 amide bonds. The van der Waals surface area contributed by atoms with Gasteiger partial charge in [0, 0.05) is 13.1 Å². The number of hydrogen-bond donors (Lipinski definition) is 1. The summed E-state index contributed by atoms with van der Waals surface area (Å²) in [6.07, 6.45) is 0. The molecule has 0 radical (unpaired) electrons. The molecular formula is C15H21N3S. The minimum Gasteiger partial charge on any atom is -0.327 e. The van der Waals surface area contributed by atoms with E-state index in [-0.39, 0.29) is 11.3 Å². The molecule has 102 valence electrons. The molecule has 0 fully saturated rings. The summed E-state index contributed by atoms with van der Waals surface area (Å²) < 4.78 is 1.92. The fraction of sp³-hybridized carbons (Fsp3) is 0.400. The average molecular weight is 275 g/mol. The Hall–Kier alpha value is -1.26. The highest BCUT2D eigenvalue weighted by atomic mass is 32.2. The SMILES string of the molecule is Cc1cc(SC(c2ccccc2C)C(C)N)n(C)n1. The minimum absolute atomic E-state index is 0.0845. The number of aryl methyl sites for hydroxylation is 3. The van der Waals surface area contributed by atoms with Crippen molar-refractivity contribution in [3.05, 3.63) is 47.2 Å². The Morgan fingerprint density at radius 3 is 2.47 bits per heavy atom. The molecule has 0 aliphatic heterocycles. The highest BCUT2D eigenvalue weighted by Gasteiger charge is 2.21. The third kappa shape index (κ3) is 3.19. The van der Waals surface area contributed by atoms with Gasteiger partial charge in [-0.1, -0.05) is 36.0 Å². The fourth-order valence-electron chi connectivity index (χ4n) is 2.19. The van der Waals surface area contributed by atoms with E-state index < -0.39 is 0 Å². The van der Waals surface area contributed by atoms with Crippen LogP contribution in [0.25, 0.3) is 0 Å². The van der Waals surface area contributed by atoms with E-state index in [2.05, 4.69) is 49.3 Å². The number of benzene rings is 1. The van der Waals surface area contributed by atoms with Crippen molar-refractivity contribution in [3.63, 3.8) is 0 Å². The number of hydrogen-bond acceptors (Lipinski definition) is 3. The maximum atomic E-state index is 6.19. The Kier molecular flexibility index (Phi) is 4.32. The predicted octanol–water partition coefficient (Wildman–Crippen LogP) is 3.22. The van der Waals surface area contributed by atoms with Crippen LogP contribution in [0.1, 0.15) is 29.0 Å². The van der Waals surface area contributed by atoms with Gasteiger partial charge < -0.3 is 5.73 Å². The number of rotatable bonds is 4. The van der Waals surface area contributed by atoms with E-state index in [1.165, 1.54) is 11.1 Å². The molecule has 2 aromatic rings. The summed E-state index contributed by atoms with van der Waals surface area (Å²) in [7, 11) is 1.98. The largest absolute Gasteiger partial charge is 0.327 e. The van der Waals surface area contributed by atoms with E-state index in [1.54, 1.807) is 11.8 Å². The van der Waals surface area contributed by atoms with E-state index in [9.17, 15) is 0 Å². The molecule has 0 aliphatic carbocycles. The first kappa shape index (κ1) is 14.2. The molecule has 0 aliphatic rings. The number of nitrogens with two attached hydrogens (primary N) is 1. The summed E-state index contributed by atoms with van der Waals surface area (Å²) in [4.78, 5) is 0. The molecule has 2 atom stereocenters. The van der Waals surface area contributed by atoms with Gasteiger partial charge in [0.2, 0.25) is 0 Å². The molecule has 2 N–H and O–H groups in total. The maximum Gasteiger partial charge on any atom is 0.0945 e. The first-order chi connectivity index (χ1) is 8.99. The average Bonchev–Trinajstić information content (AvgIpc) is 2.65. The third-order valence-electron chi connectivity index (χ3n) is 3.18. The Morgan fingerprint density at radius 1 is 1.26 bits per heavy atom. The Labute approximate surface area is 119 Å². The number of nitrogens with zero attached hydrogens (tertiary/aromatic N) is 2. The Morgan fingerprint density at radius 2 is 1.95 bits per heavy atom. The van der Waals surface area contributed by atoms with Crippen LogP contribution in [0.4, 0.5) is 0 Å². The van der Waals surface area contributed by atoms with Crippen molar-refractivity contribution in [2.75, 3.05) is 0 Å². The molecular weight excluding hydrogens is 254 g/mol. The summed E-state index contributed by atoms with van der Waals surface area (Å²) >= 11 is 1.79. The van der Waals surface area contributed by atoms with Crippen molar-refractivity contribution in [1.29, 1.82) is 0 Å². The zero-order chi connectivity index (χ0) is 14.0. The molecule has 1 aromatic carbocycles. The smallest absolute Gasteiger partial charge is 0.0945 e. The van der Waals surface area contributed by atoms with Crippen LogP contribution in [0.5, 0.6) is 0 Å². The first-order valence-electron chi connectivity index (χ1n) is 6.47. The van der Waals surface area contributed by atoms with Crippen LogP contribution in [-0.4, -0.2) is 15.8 Å². The molecule has 0 spiro atoms. The van der Waals surface area contributed by atoms with E-state index in [0.29, 0.717) is 0 Å². The molecule has 3 nitrogen and oxygen atoms in total. The molecule has 0 saturated heterocycles. The lowest BCUT2D eigenvalue weighted by molar-refractivity contribution is 0.679. The Bertz CT molecular complexity index is 560. The van der Waals surface area contributed by atoms with Gasteiger partial charge in [0.25, 0.3) is 0 Å². The van der Waals surface area contributed by atoms with Crippen molar-refractivity contribution in [1.82, 2.24) is 9.78 Å². The molecule has 4 heteroatoms. The van der Waals surface area contributed by atoms with E-state index >= 15 is 0 Å². The van der Waals surface area contributed by atoms with Gasteiger partial charge in [-0.2, -0.15) is 5.10 Å². The zero-order valence-electron chi connectivity index (χ0n) is 11.9. The van der Waals surface area contributed by atoms with Gasteiger partial charge in [-0.25, -0.2) is 0 Å². The van der Waals surface area contributed by atoms with Crippen LogP contribution in [-0.2, 0) is 7.05 Å². The molecule has 19 heavy (non-hydrogen) atoms. The van der Waals surface area contributed by atoms with Gasteiger partial charge in [0.05, 0.1) is 16.0 Å². The van der Waals surface area contributed by atoms with E-state index in [4.69, 9.17) is 5.73 Å². The summed E-state index contributed by atoms with van der Waals surface area (Å²) in [6, 6.07) is 10.6. The summed E-state index contributed by atoms with van der Waals surface area (Å²) in [6.45, 7) is 6.21. The minimum atomic E-state index is 0.0845. The van der Waals surface area contributed by atoms with Gasteiger partial charge in [-0.3, -0.25) is 4.68 Å². The van der Waals surface area contributed by atoms with Gasteiger partial charge in [0.15, 0.2) is 0 Å². The molecule has 1 aromatic heterocycles. The number of aromatic nitrogens is 2. The molecule has 0 bridgehead atoms. The van der Waals surface area contributed by atoms with Crippen LogP contribution >= 0.6 is 11.8 Å². The lowest BCUT2D eigenvalue weighted by Gasteiger charge is -2.22. The van der Waals surface area contributed by atoms with Crippen molar-refractivity contribution in [2.24, 2.45) is 12.8 Å². The van der Waals surface area contributed by atoms with Crippen molar-refractivity contribution in [2.45, 2.75) is 37.1 Å². The third-order valence-corrected chi connectivity index (χ3v) is 4.74. The number of thioether (sulfide) groups is 1. The maximum absolute atomic E-state index is 6.19. The van der Waals surface area contributed by atoms with Crippen LogP contribution < -0.4 is 5.73 Å². The second kappa shape index (κ2) is 5.80. The van der Waals surface area contributed by atoms with E-state index in [1.807, 2.05) is 18.7 Å². The standard InChI is InChI=1S/C15H21N3S/c1-10-7-5-6-8-13(10)15(12(3)16)19-14-9-11(2)17-18(14)4/h5-9,12,15H,16H2,1-4H3.